The van der Waals surface area contributed by atoms with E-state index in [4.69, 9.17) is 11.6 Å². The number of ether oxygens (including phenoxy) is 1. The molecular formula is C6H6ClNO2S. The standard InChI is InChI=1S/C6H6ClNO2S/c1-3-4(6(9)10-2)8-11-5(3)7/h1-2H3. The van der Waals surface area contributed by atoms with Gasteiger partial charge in [-0.05, 0) is 18.5 Å². The Labute approximate surface area is 73.1 Å². The van der Waals surface area contributed by atoms with Crippen LogP contribution in [0.25, 0.3) is 0 Å². The molecule has 0 N–H and O–H groups in total. The van der Waals surface area contributed by atoms with Crippen molar-refractivity contribution in [2.45, 2.75) is 6.92 Å². The lowest BCUT2D eigenvalue weighted by Crippen LogP contribution is -2.02. The Morgan fingerprint density at radius 2 is 2.36 bits per heavy atom. The highest BCUT2D eigenvalue weighted by molar-refractivity contribution is 7.11. The summed E-state index contributed by atoms with van der Waals surface area (Å²) in [7, 11) is 1.31. The highest BCUT2D eigenvalue weighted by Crippen LogP contribution is 2.23. The van der Waals surface area contributed by atoms with Gasteiger partial charge in [0.05, 0.1) is 7.11 Å². The van der Waals surface area contributed by atoms with Gasteiger partial charge in [-0.1, -0.05) is 11.6 Å². The first kappa shape index (κ1) is 8.49. The Balaban J connectivity index is 3.04. The molecule has 0 spiro atoms. The molecule has 0 aromatic carbocycles. The van der Waals surface area contributed by atoms with Crippen LogP contribution in [-0.2, 0) is 4.74 Å². The number of carbonyl (C=O) groups is 1. The molecule has 5 heteroatoms. The molecule has 0 atom stereocenters. The van der Waals surface area contributed by atoms with E-state index in [-0.39, 0.29) is 0 Å². The van der Waals surface area contributed by atoms with Gasteiger partial charge in [-0.25, -0.2) is 4.79 Å². The van der Waals surface area contributed by atoms with Crippen LogP contribution in [0.4, 0.5) is 0 Å². The van der Waals surface area contributed by atoms with Crippen LogP contribution >= 0.6 is 23.1 Å². The monoisotopic (exact) mass is 191 g/mol. The first-order valence-electron chi connectivity index (χ1n) is 2.87. The third kappa shape index (κ3) is 1.52. The van der Waals surface area contributed by atoms with E-state index >= 15 is 0 Å². The summed E-state index contributed by atoms with van der Waals surface area (Å²) >= 11 is 6.77. The van der Waals surface area contributed by atoms with Crippen molar-refractivity contribution in [2.24, 2.45) is 0 Å². The van der Waals surface area contributed by atoms with Crippen molar-refractivity contribution in [2.75, 3.05) is 7.11 Å². The Morgan fingerprint density at radius 1 is 1.73 bits per heavy atom. The van der Waals surface area contributed by atoms with Gasteiger partial charge in [0, 0.05) is 5.56 Å². The first-order chi connectivity index (χ1) is 5.16. The van der Waals surface area contributed by atoms with Gasteiger partial charge >= 0.3 is 5.97 Å². The molecule has 11 heavy (non-hydrogen) atoms. The molecule has 0 fully saturated rings. The van der Waals surface area contributed by atoms with Crippen molar-refractivity contribution in [3.63, 3.8) is 0 Å². The average molecular weight is 192 g/mol. The molecule has 0 aliphatic heterocycles. The molecule has 0 radical (unpaired) electrons. The van der Waals surface area contributed by atoms with Crippen LogP contribution in [0.5, 0.6) is 0 Å². The van der Waals surface area contributed by atoms with Gasteiger partial charge in [-0.2, -0.15) is 4.37 Å². The second-order valence-electron chi connectivity index (χ2n) is 1.92. The van der Waals surface area contributed by atoms with E-state index in [1.807, 2.05) is 0 Å². The zero-order valence-corrected chi connectivity index (χ0v) is 7.62. The Bertz CT molecular complexity index is 284. The molecule has 1 rings (SSSR count). The Kier molecular flexibility index (Phi) is 2.46. The Morgan fingerprint density at radius 3 is 2.73 bits per heavy atom. The molecule has 0 amide bonds. The lowest BCUT2D eigenvalue weighted by Gasteiger charge is -1.93. The van der Waals surface area contributed by atoms with Crippen molar-refractivity contribution in [1.82, 2.24) is 4.37 Å². The number of halogens is 1. The highest BCUT2D eigenvalue weighted by atomic mass is 35.5. The van der Waals surface area contributed by atoms with E-state index in [9.17, 15) is 4.79 Å². The normalized spacial score (nSPS) is 9.73. The van der Waals surface area contributed by atoms with E-state index in [1.54, 1.807) is 6.92 Å². The molecule has 1 aromatic rings. The quantitative estimate of drug-likeness (QED) is 0.637. The van der Waals surface area contributed by atoms with E-state index in [2.05, 4.69) is 9.11 Å². The van der Waals surface area contributed by atoms with Gasteiger partial charge < -0.3 is 4.74 Å². The number of rotatable bonds is 1. The van der Waals surface area contributed by atoms with Crippen molar-refractivity contribution in [1.29, 1.82) is 0 Å². The summed E-state index contributed by atoms with van der Waals surface area (Å²) in [5.41, 5.74) is 0.992. The summed E-state index contributed by atoms with van der Waals surface area (Å²) < 4.78 is 8.83. The third-order valence-corrected chi connectivity index (χ3v) is 2.48. The number of carbonyl (C=O) groups excluding carboxylic acids is 1. The SMILES string of the molecule is COC(=O)c1nsc(Cl)c1C. The van der Waals surface area contributed by atoms with Crippen molar-refractivity contribution in [3.8, 4) is 0 Å². The van der Waals surface area contributed by atoms with Gasteiger partial charge in [0.1, 0.15) is 4.34 Å². The first-order valence-corrected chi connectivity index (χ1v) is 4.02. The summed E-state index contributed by atoms with van der Waals surface area (Å²) in [4.78, 5) is 10.9. The molecule has 0 unspecified atom stereocenters. The maximum atomic E-state index is 10.9. The third-order valence-electron chi connectivity index (χ3n) is 1.25. The van der Waals surface area contributed by atoms with Crippen LogP contribution in [0.3, 0.4) is 0 Å². The topological polar surface area (TPSA) is 39.2 Å². The molecule has 60 valence electrons. The lowest BCUT2D eigenvalue weighted by molar-refractivity contribution is 0.0594. The van der Waals surface area contributed by atoms with Crippen LogP contribution in [0, 0.1) is 6.92 Å². The fourth-order valence-corrected chi connectivity index (χ4v) is 1.41. The minimum atomic E-state index is -0.439. The van der Waals surface area contributed by atoms with Crippen molar-refractivity contribution >= 4 is 29.1 Å². The number of esters is 1. The van der Waals surface area contributed by atoms with Gasteiger partial charge in [0.25, 0.3) is 0 Å². The van der Waals surface area contributed by atoms with Crippen LogP contribution in [-0.4, -0.2) is 17.5 Å². The fourth-order valence-electron chi connectivity index (χ4n) is 0.603. The molecule has 0 saturated heterocycles. The van der Waals surface area contributed by atoms with E-state index < -0.39 is 5.97 Å². The number of hydrogen-bond donors (Lipinski definition) is 0. The van der Waals surface area contributed by atoms with Crippen LogP contribution in [0.15, 0.2) is 0 Å². The summed E-state index contributed by atoms with van der Waals surface area (Å²) in [5, 5.41) is 0. The second kappa shape index (κ2) is 3.19. The average Bonchev–Trinajstić information content (AvgIpc) is 2.32. The molecule has 1 heterocycles. The van der Waals surface area contributed by atoms with E-state index in [0.29, 0.717) is 15.6 Å². The minimum absolute atomic E-state index is 0.308. The van der Waals surface area contributed by atoms with E-state index in [1.165, 1.54) is 7.11 Å². The molecule has 0 saturated carbocycles. The van der Waals surface area contributed by atoms with Gasteiger partial charge in [-0.3, -0.25) is 0 Å². The smallest absolute Gasteiger partial charge is 0.358 e. The van der Waals surface area contributed by atoms with Crippen LogP contribution in [0.1, 0.15) is 16.1 Å². The number of hydrogen-bond acceptors (Lipinski definition) is 4. The minimum Gasteiger partial charge on any atom is -0.464 e. The zero-order chi connectivity index (χ0) is 8.43. The zero-order valence-electron chi connectivity index (χ0n) is 6.05. The summed E-state index contributed by atoms with van der Waals surface area (Å²) in [6, 6.07) is 0. The van der Waals surface area contributed by atoms with Gasteiger partial charge in [0.2, 0.25) is 0 Å². The number of nitrogens with zero attached hydrogens (tertiary/aromatic N) is 1. The molecule has 1 aromatic heterocycles. The molecule has 0 aliphatic carbocycles. The van der Waals surface area contributed by atoms with Gasteiger partial charge in [-0.15, -0.1) is 0 Å². The van der Waals surface area contributed by atoms with Crippen LogP contribution in [0.2, 0.25) is 4.34 Å². The highest BCUT2D eigenvalue weighted by Gasteiger charge is 2.15. The lowest BCUT2D eigenvalue weighted by atomic mass is 10.3. The summed E-state index contributed by atoms with van der Waals surface area (Å²) in [6.45, 7) is 1.73. The fraction of sp³-hybridized carbons (Fsp3) is 0.333. The predicted molar refractivity (Wildman–Crippen MR) is 43.2 cm³/mol. The van der Waals surface area contributed by atoms with Crippen molar-refractivity contribution < 1.29 is 9.53 Å². The molecule has 0 aliphatic rings. The number of methoxy groups -OCH3 is 1. The summed E-state index contributed by atoms with van der Waals surface area (Å²) in [5.74, 6) is -0.439. The van der Waals surface area contributed by atoms with E-state index in [0.717, 1.165) is 11.5 Å². The molecular weight excluding hydrogens is 186 g/mol. The maximum Gasteiger partial charge on any atom is 0.358 e. The number of aromatic nitrogens is 1. The van der Waals surface area contributed by atoms with Gasteiger partial charge in [0.15, 0.2) is 5.69 Å². The summed E-state index contributed by atoms with van der Waals surface area (Å²) in [6.07, 6.45) is 0. The van der Waals surface area contributed by atoms with Crippen molar-refractivity contribution in [3.05, 3.63) is 15.6 Å². The molecule has 3 nitrogen and oxygen atoms in total. The maximum absolute atomic E-state index is 10.9. The second-order valence-corrected chi connectivity index (χ2v) is 3.30. The largest absolute Gasteiger partial charge is 0.464 e. The van der Waals surface area contributed by atoms with Crippen LogP contribution < -0.4 is 0 Å². The molecule has 0 bridgehead atoms. The predicted octanol–water partition coefficient (Wildman–Crippen LogP) is 1.89. The Hall–Kier alpha value is -0.610.